The SMILES string of the molecule is C[C@H](NC[C@@H]1CCCCN1)c1ccco1. The zero-order valence-corrected chi connectivity index (χ0v) is 9.33. The molecule has 1 aliphatic heterocycles. The van der Waals surface area contributed by atoms with Gasteiger partial charge in [-0.3, -0.25) is 0 Å². The monoisotopic (exact) mass is 208 g/mol. The molecule has 0 saturated carbocycles. The molecular formula is C12H20N2O. The molecule has 1 aromatic heterocycles. The van der Waals surface area contributed by atoms with Crippen LogP contribution in [-0.2, 0) is 0 Å². The fourth-order valence-electron chi connectivity index (χ4n) is 2.06. The fraction of sp³-hybridized carbons (Fsp3) is 0.667. The van der Waals surface area contributed by atoms with Crippen molar-refractivity contribution in [2.24, 2.45) is 0 Å². The van der Waals surface area contributed by atoms with Crippen molar-refractivity contribution < 1.29 is 4.42 Å². The van der Waals surface area contributed by atoms with E-state index in [0.29, 0.717) is 12.1 Å². The Kier molecular flexibility index (Phi) is 3.80. The zero-order valence-electron chi connectivity index (χ0n) is 9.33. The number of rotatable bonds is 4. The van der Waals surface area contributed by atoms with E-state index in [1.165, 1.54) is 25.8 Å². The molecule has 1 fully saturated rings. The number of piperidine rings is 1. The normalized spacial score (nSPS) is 23.9. The molecule has 3 heteroatoms. The third-order valence-electron chi connectivity index (χ3n) is 3.05. The van der Waals surface area contributed by atoms with Gasteiger partial charge >= 0.3 is 0 Å². The van der Waals surface area contributed by atoms with Crippen molar-refractivity contribution in [1.29, 1.82) is 0 Å². The van der Waals surface area contributed by atoms with Crippen molar-refractivity contribution in [3.63, 3.8) is 0 Å². The summed E-state index contributed by atoms with van der Waals surface area (Å²) in [4.78, 5) is 0. The Morgan fingerprint density at radius 2 is 2.53 bits per heavy atom. The first-order chi connectivity index (χ1) is 7.36. The molecule has 0 bridgehead atoms. The van der Waals surface area contributed by atoms with Gasteiger partial charge in [-0.2, -0.15) is 0 Å². The quantitative estimate of drug-likeness (QED) is 0.795. The van der Waals surface area contributed by atoms with E-state index in [1.54, 1.807) is 6.26 Å². The first-order valence-electron chi connectivity index (χ1n) is 5.86. The summed E-state index contributed by atoms with van der Waals surface area (Å²) in [5.74, 6) is 1.02. The molecule has 0 aromatic carbocycles. The van der Waals surface area contributed by atoms with Crippen LogP contribution in [0.1, 0.15) is 38.0 Å². The van der Waals surface area contributed by atoms with Crippen molar-refractivity contribution in [1.82, 2.24) is 10.6 Å². The lowest BCUT2D eigenvalue weighted by Crippen LogP contribution is -2.42. The molecule has 2 atom stereocenters. The molecule has 2 N–H and O–H groups in total. The highest BCUT2D eigenvalue weighted by atomic mass is 16.3. The Balaban J connectivity index is 1.73. The lowest BCUT2D eigenvalue weighted by Gasteiger charge is -2.25. The largest absolute Gasteiger partial charge is 0.468 e. The van der Waals surface area contributed by atoms with Gasteiger partial charge in [-0.15, -0.1) is 0 Å². The van der Waals surface area contributed by atoms with Gasteiger partial charge < -0.3 is 15.1 Å². The third kappa shape index (κ3) is 3.08. The van der Waals surface area contributed by atoms with E-state index in [9.17, 15) is 0 Å². The second kappa shape index (κ2) is 5.33. The van der Waals surface area contributed by atoms with Crippen molar-refractivity contribution >= 4 is 0 Å². The van der Waals surface area contributed by atoms with Crippen LogP contribution in [0, 0.1) is 0 Å². The summed E-state index contributed by atoms with van der Waals surface area (Å²) in [5.41, 5.74) is 0. The first-order valence-corrected chi connectivity index (χ1v) is 5.86. The molecule has 0 radical (unpaired) electrons. The van der Waals surface area contributed by atoms with Crippen LogP contribution in [-0.4, -0.2) is 19.1 Å². The van der Waals surface area contributed by atoms with Crippen LogP contribution in [0.15, 0.2) is 22.8 Å². The fourth-order valence-corrected chi connectivity index (χ4v) is 2.06. The molecule has 2 heterocycles. The molecular weight excluding hydrogens is 188 g/mol. The highest BCUT2D eigenvalue weighted by Crippen LogP contribution is 2.13. The van der Waals surface area contributed by atoms with Crippen LogP contribution in [0.25, 0.3) is 0 Å². The average molecular weight is 208 g/mol. The Morgan fingerprint density at radius 1 is 1.60 bits per heavy atom. The van der Waals surface area contributed by atoms with Gasteiger partial charge in [0, 0.05) is 12.6 Å². The molecule has 0 amide bonds. The number of hydrogen-bond acceptors (Lipinski definition) is 3. The summed E-state index contributed by atoms with van der Waals surface area (Å²) in [6.07, 6.45) is 5.70. The van der Waals surface area contributed by atoms with E-state index in [-0.39, 0.29) is 0 Å². The zero-order chi connectivity index (χ0) is 10.5. The van der Waals surface area contributed by atoms with E-state index in [0.717, 1.165) is 12.3 Å². The van der Waals surface area contributed by atoms with Gasteiger partial charge in [0.15, 0.2) is 0 Å². The Labute approximate surface area is 91.2 Å². The number of hydrogen-bond donors (Lipinski definition) is 2. The van der Waals surface area contributed by atoms with Crippen molar-refractivity contribution in [3.05, 3.63) is 24.2 Å². The molecule has 3 nitrogen and oxygen atoms in total. The Bertz CT molecular complexity index is 265. The van der Waals surface area contributed by atoms with E-state index in [4.69, 9.17) is 4.42 Å². The summed E-state index contributed by atoms with van der Waals surface area (Å²) in [5, 5.41) is 7.03. The third-order valence-corrected chi connectivity index (χ3v) is 3.05. The molecule has 0 unspecified atom stereocenters. The second-order valence-corrected chi connectivity index (χ2v) is 4.29. The molecule has 1 aliphatic rings. The molecule has 0 spiro atoms. The highest BCUT2D eigenvalue weighted by molar-refractivity contribution is 5.03. The van der Waals surface area contributed by atoms with Gasteiger partial charge in [0.05, 0.1) is 12.3 Å². The predicted molar refractivity (Wildman–Crippen MR) is 60.8 cm³/mol. The van der Waals surface area contributed by atoms with Crippen molar-refractivity contribution in [2.45, 2.75) is 38.3 Å². The minimum atomic E-state index is 0.309. The van der Waals surface area contributed by atoms with Crippen molar-refractivity contribution in [2.75, 3.05) is 13.1 Å². The van der Waals surface area contributed by atoms with Gasteiger partial charge in [0.2, 0.25) is 0 Å². The maximum absolute atomic E-state index is 5.35. The second-order valence-electron chi connectivity index (χ2n) is 4.29. The predicted octanol–water partition coefficient (Wildman–Crippen LogP) is 2.07. The molecule has 2 rings (SSSR count). The van der Waals surface area contributed by atoms with Gasteiger partial charge in [-0.1, -0.05) is 6.42 Å². The summed E-state index contributed by atoms with van der Waals surface area (Å²) >= 11 is 0. The molecule has 1 aromatic rings. The van der Waals surface area contributed by atoms with E-state index in [2.05, 4.69) is 17.6 Å². The standard InChI is InChI=1S/C12H20N2O/c1-10(12-6-4-8-15-12)14-9-11-5-2-3-7-13-11/h4,6,8,10-11,13-14H,2-3,5,7,9H2,1H3/t10-,11-/m0/s1. The average Bonchev–Trinajstić information content (AvgIpc) is 2.81. The van der Waals surface area contributed by atoms with Crippen LogP contribution < -0.4 is 10.6 Å². The van der Waals surface area contributed by atoms with Crippen LogP contribution >= 0.6 is 0 Å². The van der Waals surface area contributed by atoms with Crippen LogP contribution in [0.4, 0.5) is 0 Å². The topological polar surface area (TPSA) is 37.2 Å². The van der Waals surface area contributed by atoms with Gasteiger partial charge in [0.1, 0.15) is 5.76 Å². The molecule has 1 saturated heterocycles. The smallest absolute Gasteiger partial charge is 0.120 e. The van der Waals surface area contributed by atoms with Crippen LogP contribution in [0.5, 0.6) is 0 Å². The van der Waals surface area contributed by atoms with Gasteiger partial charge in [0.25, 0.3) is 0 Å². The minimum Gasteiger partial charge on any atom is -0.468 e. The van der Waals surface area contributed by atoms with Gasteiger partial charge in [-0.05, 0) is 38.4 Å². The maximum Gasteiger partial charge on any atom is 0.120 e. The Hall–Kier alpha value is -0.800. The molecule has 0 aliphatic carbocycles. The lowest BCUT2D eigenvalue weighted by atomic mass is 10.0. The Morgan fingerprint density at radius 3 is 3.20 bits per heavy atom. The van der Waals surface area contributed by atoms with Crippen LogP contribution in [0.2, 0.25) is 0 Å². The molecule has 84 valence electrons. The highest BCUT2D eigenvalue weighted by Gasteiger charge is 2.14. The first kappa shape index (κ1) is 10.7. The summed E-state index contributed by atoms with van der Waals surface area (Å²) in [6.45, 7) is 4.34. The maximum atomic E-state index is 5.35. The van der Waals surface area contributed by atoms with E-state index >= 15 is 0 Å². The van der Waals surface area contributed by atoms with Gasteiger partial charge in [-0.25, -0.2) is 0 Å². The summed E-state index contributed by atoms with van der Waals surface area (Å²) < 4.78 is 5.35. The summed E-state index contributed by atoms with van der Waals surface area (Å²) in [7, 11) is 0. The van der Waals surface area contributed by atoms with E-state index in [1.807, 2.05) is 12.1 Å². The minimum absolute atomic E-state index is 0.309. The number of nitrogens with one attached hydrogen (secondary N) is 2. The molecule has 15 heavy (non-hydrogen) atoms. The van der Waals surface area contributed by atoms with Crippen molar-refractivity contribution in [3.8, 4) is 0 Å². The summed E-state index contributed by atoms with van der Waals surface area (Å²) in [6, 6.07) is 4.90. The van der Waals surface area contributed by atoms with E-state index < -0.39 is 0 Å². The van der Waals surface area contributed by atoms with Crippen LogP contribution in [0.3, 0.4) is 0 Å². The number of furan rings is 1. The lowest BCUT2D eigenvalue weighted by molar-refractivity contribution is 0.355.